The molecule has 0 radical (unpaired) electrons. The van der Waals surface area contributed by atoms with Crippen LogP contribution < -0.4 is 4.74 Å². The molecule has 2 aromatic heterocycles. The highest BCUT2D eigenvalue weighted by Crippen LogP contribution is 2.32. The van der Waals surface area contributed by atoms with Crippen LogP contribution in [0.15, 0.2) is 84.1 Å². The van der Waals surface area contributed by atoms with Gasteiger partial charge in [-0.1, -0.05) is 54.2 Å². The van der Waals surface area contributed by atoms with Gasteiger partial charge >= 0.3 is 6.01 Å². The summed E-state index contributed by atoms with van der Waals surface area (Å²) in [6, 6.07) is 23.2. The van der Waals surface area contributed by atoms with Crippen LogP contribution in [0.4, 0.5) is 0 Å². The van der Waals surface area contributed by atoms with Crippen molar-refractivity contribution in [2.24, 2.45) is 0 Å². The number of hydrogen-bond acceptors (Lipinski definition) is 8. The van der Waals surface area contributed by atoms with Gasteiger partial charge < -0.3 is 14.4 Å². The molecule has 1 atom stereocenters. The molecule has 6 rings (SSSR count). The maximum absolute atomic E-state index is 12.3. The highest BCUT2D eigenvalue weighted by Gasteiger charge is 2.20. The minimum Gasteiger partial charge on any atom is -0.424 e. The van der Waals surface area contributed by atoms with E-state index in [0.29, 0.717) is 28.0 Å². The van der Waals surface area contributed by atoms with Gasteiger partial charge in [-0.2, -0.15) is 15.1 Å². The molecule has 1 amide bonds. The number of nitrogens with zero attached hydrogens (tertiary/aromatic N) is 6. The van der Waals surface area contributed by atoms with E-state index < -0.39 is 0 Å². The molecule has 1 unspecified atom stereocenters. The summed E-state index contributed by atoms with van der Waals surface area (Å²) in [5, 5.41) is 6.28. The maximum Gasteiger partial charge on any atom is 0.326 e. The number of ether oxygens (including phenoxy) is 2. The van der Waals surface area contributed by atoms with E-state index in [2.05, 4.69) is 17.1 Å². The Morgan fingerprint density at radius 1 is 1.00 bits per heavy atom. The van der Waals surface area contributed by atoms with Gasteiger partial charge in [-0.3, -0.25) is 4.79 Å². The lowest BCUT2D eigenvalue weighted by Crippen LogP contribution is -2.21. The summed E-state index contributed by atoms with van der Waals surface area (Å²) in [5.41, 5.74) is 3.42. The zero-order valence-electron chi connectivity index (χ0n) is 22.9. The molecule has 9 nitrogen and oxygen atoms in total. The van der Waals surface area contributed by atoms with Crippen LogP contribution in [0.3, 0.4) is 0 Å². The van der Waals surface area contributed by atoms with Crippen molar-refractivity contribution in [3.05, 3.63) is 90.1 Å². The van der Waals surface area contributed by atoms with Crippen LogP contribution >= 0.6 is 11.8 Å². The summed E-state index contributed by atoms with van der Waals surface area (Å²) in [5.74, 6) is 1.65. The largest absolute Gasteiger partial charge is 0.424 e. The van der Waals surface area contributed by atoms with E-state index in [1.54, 1.807) is 38.4 Å². The van der Waals surface area contributed by atoms with Crippen molar-refractivity contribution >= 4 is 28.6 Å². The van der Waals surface area contributed by atoms with E-state index >= 15 is 0 Å². The highest BCUT2D eigenvalue weighted by molar-refractivity contribution is 7.98. The fourth-order valence-corrected chi connectivity index (χ4v) is 5.44. The summed E-state index contributed by atoms with van der Waals surface area (Å²) in [4.78, 5) is 28.0. The van der Waals surface area contributed by atoms with Crippen LogP contribution in [0.25, 0.3) is 22.3 Å². The Morgan fingerprint density at radius 3 is 2.59 bits per heavy atom. The van der Waals surface area contributed by atoms with Gasteiger partial charge in [0, 0.05) is 49.2 Å². The van der Waals surface area contributed by atoms with E-state index in [0.717, 1.165) is 42.3 Å². The minimum atomic E-state index is -0.0779. The zero-order valence-corrected chi connectivity index (χ0v) is 23.8. The van der Waals surface area contributed by atoms with Gasteiger partial charge in [0.25, 0.3) is 5.91 Å². The molecule has 41 heavy (non-hydrogen) atoms. The number of hydrogen-bond donors (Lipinski definition) is 0. The van der Waals surface area contributed by atoms with Crippen molar-refractivity contribution in [1.82, 2.24) is 29.6 Å². The Labute approximate surface area is 242 Å². The molecule has 1 saturated heterocycles. The first-order valence-corrected chi connectivity index (χ1v) is 14.5. The van der Waals surface area contributed by atoms with Crippen molar-refractivity contribution in [3.8, 4) is 23.1 Å². The van der Waals surface area contributed by atoms with Gasteiger partial charge in [-0.25, -0.2) is 9.67 Å². The first-order valence-electron chi connectivity index (χ1n) is 13.6. The van der Waals surface area contributed by atoms with Crippen molar-refractivity contribution in [2.75, 3.05) is 20.7 Å². The van der Waals surface area contributed by atoms with E-state index in [-0.39, 0.29) is 18.1 Å². The summed E-state index contributed by atoms with van der Waals surface area (Å²) in [7, 11) is 3.44. The normalized spacial score (nSPS) is 15.1. The topological polar surface area (TPSA) is 95.3 Å². The van der Waals surface area contributed by atoms with Crippen LogP contribution in [-0.2, 0) is 10.5 Å². The van der Waals surface area contributed by atoms with E-state index in [1.165, 1.54) is 22.2 Å². The number of benzene rings is 3. The molecule has 10 heteroatoms. The smallest absolute Gasteiger partial charge is 0.326 e. The Morgan fingerprint density at radius 2 is 1.83 bits per heavy atom. The second kappa shape index (κ2) is 12.1. The number of amides is 1. The average Bonchev–Trinajstić information content (AvgIpc) is 3.46. The third kappa shape index (κ3) is 6.23. The lowest BCUT2D eigenvalue weighted by atomic mass is 10.1. The quantitative estimate of drug-likeness (QED) is 0.200. The molecule has 0 bridgehead atoms. The summed E-state index contributed by atoms with van der Waals surface area (Å²) >= 11 is 1.52. The molecule has 0 saturated carbocycles. The van der Waals surface area contributed by atoms with Crippen molar-refractivity contribution in [2.45, 2.75) is 36.4 Å². The number of thioether (sulfide) groups is 1. The molecule has 3 heterocycles. The number of carbonyl (C=O) groups is 1. The second-order valence-electron chi connectivity index (χ2n) is 9.99. The van der Waals surface area contributed by atoms with Gasteiger partial charge in [0.15, 0.2) is 11.0 Å². The van der Waals surface area contributed by atoms with Crippen LogP contribution in [0.1, 0.15) is 41.4 Å². The van der Waals surface area contributed by atoms with E-state index in [9.17, 15) is 4.79 Å². The van der Waals surface area contributed by atoms with Crippen LogP contribution in [0.2, 0.25) is 0 Å². The molecule has 0 aliphatic carbocycles. The molecular weight excluding hydrogens is 536 g/mol. The zero-order chi connectivity index (χ0) is 28.2. The Bertz CT molecular complexity index is 1650. The maximum atomic E-state index is 12.3. The Hall–Kier alpha value is -4.28. The number of aromatic nitrogens is 5. The Balaban J connectivity index is 1.35. The van der Waals surface area contributed by atoms with E-state index in [1.807, 2.05) is 47.3 Å². The van der Waals surface area contributed by atoms with Gasteiger partial charge in [0.2, 0.25) is 0 Å². The van der Waals surface area contributed by atoms with Crippen LogP contribution in [0, 0.1) is 0 Å². The molecular formula is C31H30N6O3S. The van der Waals surface area contributed by atoms with Gasteiger partial charge in [0.05, 0.1) is 5.52 Å². The average molecular weight is 567 g/mol. The monoisotopic (exact) mass is 566 g/mol. The van der Waals surface area contributed by atoms with Gasteiger partial charge in [-0.15, -0.1) is 0 Å². The van der Waals surface area contributed by atoms with Crippen molar-refractivity contribution in [3.63, 3.8) is 0 Å². The number of rotatable bonds is 8. The molecule has 1 aliphatic rings. The summed E-state index contributed by atoms with van der Waals surface area (Å²) in [6.45, 7) is 0.744. The SMILES string of the molecule is CN(C)C(=O)c1ccc(Oc2nc(SCc3ccccc3)nc(-c3cccc4nn(C5CCCCO5)cc34)n2)cc1. The predicted molar refractivity (Wildman–Crippen MR) is 158 cm³/mol. The number of carbonyl (C=O) groups excluding carboxylic acids is 1. The lowest BCUT2D eigenvalue weighted by molar-refractivity contribution is -0.0390. The third-order valence-electron chi connectivity index (χ3n) is 6.78. The molecule has 0 spiro atoms. The molecule has 1 aliphatic heterocycles. The summed E-state index contributed by atoms with van der Waals surface area (Å²) < 4.78 is 14.0. The van der Waals surface area contributed by atoms with Gasteiger partial charge in [-0.05, 0) is 55.2 Å². The fraction of sp³-hybridized carbons (Fsp3) is 0.258. The molecule has 3 aromatic carbocycles. The Kier molecular flexibility index (Phi) is 7.93. The third-order valence-corrected chi connectivity index (χ3v) is 7.70. The van der Waals surface area contributed by atoms with Crippen LogP contribution in [-0.4, -0.2) is 56.2 Å². The highest BCUT2D eigenvalue weighted by atomic mass is 32.2. The number of fused-ring (bicyclic) bond motifs is 1. The van der Waals surface area contributed by atoms with Crippen molar-refractivity contribution < 1.29 is 14.3 Å². The molecule has 0 N–H and O–H groups in total. The minimum absolute atomic E-state index is 0.0689. The second-order valence-corrected chi connectivity index (χ2v) is 10.9. The first-order chi connectivity index (χ1) is 20.0. The van der Waals surface area contributed by atoms with Crippen molar-refractivity contribution in [1.29, 1.82) is 0 Å². The van der Waals surface area contributed by atoms with Crippen LogP contribution in [0.5, 0.6) is 11.8 Å². The lowest BCUT2D eigenvalue weighted by Gasteiger charge is -2.22. The summed E-state index contributed by atoms with van der Waals surface area (Å²) in [6.07, 6.45) is 5.08. The van der Waals surface area contributed by atoms with E-state index in [4.69, 9.17) is 24.5 Å². The standard InChI is InChI=1S/C31H30N6O3S/c1-36(2)29(38)22-14-16-23(17-15-22)40-30-32-28(33-31(34-30)41-20-21-9-4-3-5-10-21)24-11-8-12-26-25(24)19-37(35-26)27-13-6-7-18-39-27/h3-5,8-12,14-17,19,27H,6-7,13,18,20H2,1-2H3. The van der Waals surface area contributed by atoms with Gasteiger partial charge in [0.1, 0.15) is 12.0 Å². The molecule has 1 fully saturated rings. The first kappa shape index (κ1) is 26.9. The predicted octanol–water partition coefficient (Wildman–Crippen LogP) is 6.37. The molecule has 208 valence electrons. The fourth-order valence-electron chi connectivity index (χ4n) is 4.66. The molecule has 5 aromatic rings.